The molecule has 0 aliphatic carbocycles. The fourth-order valence-electron chi connectivity index (χ4n) is 4.64. The second kappa shape index (κ2) is 9.19. The number of anilines is 2. The van der Waals surface area contributed by atoms with Crippen LogP contribution in [0.4, 0.5) is 11.6 Å². The first kappa shape index (κ1) is 23.7. The van der Waals surface area contributed by atoms with Gasteiger partial charge in [0.1, 0.15) is 12.1 Å². The zero-order valence-corrected chi connectivity index (χ0v) is 21.0. The number of primary amides is 1. The van der Waals surface area contributed by atoms with Gasteiger partial charge in [0, 0.05) is 36.2 Å². The van der Waals surface area contributed by atoms with E-state index in [1.54, 1.807) is 12.5 Å². The molecule has 1 amide bonds. The Balaban J connectivity index is 1.37. The van der Waals surface area contributed by atoms with Gasteiger partial charge in [0.05, 0.1) is 41.9 Å². The van der Waals surface area contributed by atoms with Crippen LogP contribution in [-0.2, 0) is 25.0 Å². The first-order chi connectivity index (χ1) is 17.2. The van der Waals surface area contributed by atoms with Gasteiger partial charge < -0.3 is 16.4 Å². The van der Waals surface area contributed by atoms with Crippen molar-refractivity contribution in [3.8, 4) is 11.3 Å². The smallest absolute Gasteiger partial charge is 0.252 e. The lowest BCUT2D eigenvalue weighted by Crippen LogP contribution is -2.28. The molecule has 1 aliphatic rings. The van der Waals surface area contributed by atoms with E-state index in [1.807, 2.05) is 27.6 Å². The number of benzene rings is 1. The van der Waals surface area contributed by atoms with Gasteiger partial charge in [-0.3, -0.25) is 14.2 Å². The molecular weight excluding hydrogens is 454 g/mol. The maximum atomic E-state index is 11.9. The van der Waals surface area contributed by atoms with Crippen LogP contribution >= 0.6 is 0 Å². The molecule has 1 aromatic carbocycles. The molecular formula is C26H31N9O. The van der Waals surface area contributed by atoms with E-state index in [2.05, 4.69) is 70.6 Å². The average molecular weight is 486 g/mol. The first-order valence-corrected chi connectivity index (χ1v) is 12.0. The zero-order chi connectivity index (χ0) is 25.4. The van der Waals surface area contributed by atoms with Crippen molar-refractivity contribution in [2.75, 3.05) is 11.9 Å². The second-order valence-electron chi connectivity index (χ2n) is 10.2. The van der Waals surface area contributed by atoms with Crippen LogP contribution in [0.3, 0.4) is 0 Å². The summed E-state index contributed by atoms with van der Waals surface area (Å²) in [5.74, 6) is 1.00. The minimum Gasteiger partial charge on any atom is -0.365 e. The van der Waals surface area contributed by atoms with Gasteiger partial charge in [-0.2, -0.15) is 10.2 Å². The van der Waals surface area contributed by atoms with Crippen molar-refractivity contribution in [1.29, 1.82) is 0 Å². The molecule has 0 fully saturated rings. The van der Waals surface area contributed by atoms with Crippen LogP contribution in [0.5, 0.6) is 0 Å². The van der Waals surface area contributed by atoms with Gasteiger partial charge in [-0.25, -0.2) is 9.97 Å². The molecule has 0 saturated heterocycles. The molecule has 4 aromatic rings. The molecule has 0 bridgehead atoms. The van der Waals surface area contributed by atoms with Gasteiger partial charge in [-0.15, -0.1) is 0 Å². The van der Waals surface area contributed by atoms with E-state index in [4.69, 9.17) is 5.73 Å². The van der Waals surface area contributed by atoms with Crippen molar-refractivity contribution >= 4 is 17.5 Å². The summed E-state index contributed by atoms with van der Waals surface area (Å²) in [6, 6.07) is 10.2. The van der Waals surface area contributed by atoms with E-state index in [9.17, 15) is 4.79 Å². The predicted octanol–water partition coefficient (Wildman–Crippen LogP) is 3.14. The number of amides is 1. The van der Waals surface area contributed by atoms with Crippen molar-refractivity contribution in [3.63, 3.8) is 0 Å². The molecule has 1 aliphatic heterocycles. The zero-order valence-electron chi connectivity index (χ0n) is 21.0. The van der Waals surface area contributed by atoms with Crippen molar-refractivity contribution in [2.24, 2.45) is 5.73 Å². The van der Waals surface area contributed by atoms with Crippen LogP contribution < -0.4 is 16.4 Å². The number of nitrogens with zero attached hydrogens (tertiary/aromatic N) is 6. The normalized spacial score (nSPS) is 13.4. The van der Waals surface area contributed by atoms with E-state index < -0.39 is 5.91 Å². The fraction of sp³-hybridized carbons (Fsp3) is 0.346. The standard InChI is InChI=1S/C26H31N9O/c1-16-9-17(5-6-18(16)14-35-24(26(2,3)4)20(13-31-35)25(27)36)21-11-22(30-15-29-21)32-23-10-19-12-28-7-8-34(19)33-23/h5-6,9-11,13,15,28H,7-8,12,14H2,1-4H3,(H2,27,36)(H,29,30,32,33). The van der Waals surface area contributed by atoms with Gasteiger partial charge in [0.25, 0.3) is 5.91 Å². The summed E-state index contributed by atoms with van der Waals surface area (Å²) >= 11 is 0. The minimum absolute atomic E-state index is 0.274. The molecule has 10 heteroatoms. The number of hydrogen-bond acceptors (Lipinski definition) is 7. The molecule has 0 unspecified atom stereocenters. The summed E-state index contributed by atoms with van der Waals surface area (Å²) in [7, 11) is 0. The number of aryl methyl sites for hydroxylation is 1. The highest BCUT2D eigenvalue weighted by Crippen LogP contribution is 2.28. The third kappa shape index (κ3) is 4.72. The lowest BCUT2D eigenvalue weighted by Gasteiger charge is -2.22. The third-order valence-electron chi connectivity index (χ3n) is 6.37. The van der Waals surface area contributed by atoms with Crippen LogP contribution in [0.1, 0.15) is 53.6 Å². The maximum absolute atomic E-state index is 11.9. The summed E-state index contributed by atoms with van der Waals surface area (Å²) in [5, 5.41) is 15.7. The Morgan fingerprint density at radius 2 is 2.00 bits per heavy atom. The highest BCUT2D eigenvalue weighted by molar-refractivity contribution is 5.94. The number of fused-ring (bicyclic) bond motifs is 1. The number of rotatable bonds is 6. The molecule has 0 saturated carbocycles. The Kier molecular flexibility index (Phi) is 6.05. The molecule has 0 atom stereocenters. The summed E-state index contributed by atoms with van der Waals surface area (Å²) in [5.41, 5.74) is 11.8. The molecule has 186 valence electrons. The van der Waals surface area contributed by atoms with Crippen LogP contribution in [0, 0.1) is 6.92 Å². The third-order valence-corrected chi connectivity index (χ3v) is 6.37. The Labute approximate surface area is 210 Å². The van der Waals surface area contributed by atoms with Gasteiger partial charge in [0.2, 0.25) is 0 Å². The Bertz CT molecular complexity index is 1400. The van der Waals surface area contributed by atoms with Crippen molar-refractivity contribution in [1.82, 2.24) is 34.8 Å². The average Bonchev–Trinajstić information content (AvgIpc) is 3.44. The van der Waals surface area contributed by atoms with E-state index in [0.717, 1.165) is 59.2 Å². The first-order valence-electron chi connectivity index (χ1n) is 12.0. The molecule has 5 rings (SSSR count). The van der Waals surface area contributed by atoms with E-state index in [0.29, 0.717) is 17.9 Å². The largest absolute Gasteiger partial charge is 0.365 e. The number of aromatic nitrogens is 6. The topological polar surface area (TPSA) is 129 Å². The molecule has 36 heavy (non-hydrogen) atoms. The fourth-order valence-corrected chi connectivity index (χ4v) is 4.64. The van der Waals surface area contributed by atoms with Crippen LogP contribution in [0.2, 0.25) is 0 Å². The SMILES string of the molecule is Cc1cc(-c2cc(Nc3cc4n(n3)CCNC4)ncn2)ccc1Cn1ncc(C(N)=O)c1C(C)(C)C. The van der Waals surface area contributed by atoms with E-state index in [1.165, 1.54) is 0 Å². The number of carbonyl (C=O) groups is 1. The summed E-state index contributed by atoms with van der Waals surface area (Å²) in [6.07, 6.45) is 3.12. The van der Waals surface area contributed by atoms with Crippen LogP contribution in [0.15, 0.2) is 42.9 Å². The van der Waals surface area contributed by atoms with Crippen molar-refractivity contribution in [2.45, 2.75) is 52.7 Å². The Morgan fingerprint density at radius 1 is 1.17 bits per heavy atom. The lowest BCUT2D eigenvalue weighted by molar-refractivity contribution is 0.0998. The highest BCUT2D eigenvalue weighted by Gasteiger charge is 2.26. The molecule has 0 spiro atoms. The molecule has 4 heterocycles. The summed E-state index contributed by atoms with van der Waals surface area (Å²) < 4.78 is 3.88. The van der Waals surface area contributed by atoms with E-state index >= 15 is 0 Å². The Morgan fingerprint density at radius 3 is 2.72 bits per heavy atom. The van der Waals surface area contributed by atoms with Crippen molar-refractivity contribution in [3.05, 3.63) is 70.9 Å². The minimum atomic E-state index is -0.459. The molecule has 10 nitrogen and oxygen atoms in total. The van der Waals surface area contributed by atoms with Gasteiger partial charge in [0.15, 0.2) is 5.82 Å². The van der Waals surface area contributed by atoms with E-state index in [-0.39, 0.29) is 5.41 Å². The number of nitrogens with two attached hydrogens (primary N) is 1. The van der Waals surface area contributed by atoms with Gasteiger partial charge >= 0.3 is 0 Å². The highest BCUT2D eigenvalue weighted by atomic mass is 16.1. The quantitative estimate of drug-likeness (QED) is 0.383. The Hall–Kier alpha value is -4.05. The number of nitrogens with one attached hydrogen (secondary N) is 2. The summed E-state index contributed by atoms with van der Waals surface area (Å²) in [4.78, 5) is 20.8. The number of carbonyl (C=O) groups excluding carboxylic acids is 1. The lowest BCUT2D eigenvalue weighted by atomic mass is 9.89. The van der Waals surface area contributed by atoms with Crippen LogP contribution in [-0.4, -0.2) is 42.0 Å². The van der Waals surface area contributed by atoms with Crippen molar-refractivity contribution < 1.29 is 4.79 Å². The monoisotopic (exact) mass is 485 g/mol. The molecule has 0 radical (unpaired) electrons. The maximum Gasteiger partial charge on any atom is 0.252 e. The van der Waals surface area contributed by atoms with Crippen LogP contribution in [0.25, 0.3) is 11.3 Å². The van der Waals surface area contributed by atoms with Gasteiger partial charge in [-0.1, -0.05) is 32.9 Å². The van der Waals surface area contributed by atoms with Gasteiger partial charge in [-0.05, 0) is 24.1 Å². The summed E-state index contributed by atoms with van der Waals surface area (Å²) in [6.45, 7) is 11.4. The number of hydrogen-bond donors (Lipinski definition) is 3. The molecule has 3 aromatic heterocycles. The predicted molar refractivity (Wildman–Crippen MR) is 138 cm³/mol. The second-order valence-corrected chi connectivity index (χ2v) is 10.2. The molecule has 4 N–H and O–H groups in total.